The highest BCUT2D eigenvalue weighted by atomic mass is 32.2. The van der Waals surface area contributed by atoms with Crippen LogP contribution in [-0.4, -0.2) is 44.4 Å². The van der Waals surface area contributed by atoms with E-state index >= 15 is 0 Å². The molecule has 2 aliphatic rings. The van der Waals surface area contributed by atoms with Crippen LogP contribution in [-0.2, 0) is 21.2 Å². The molecule has 9 heteroatoms. The van der Waals surface area contributed by atoms with E-state index in [1.807, 2.05) is 0 Å². The van der Waals surface area contributed by atoms with Gasteiger partial charge in [-0.1, -0.05) is 6.07 Å². The predicted octanol–water partition coefficient (Wildman–Crippen LogP) is 1.77. The van der Waals surface area contributed by atoms with Gasteiger partial charge in [-0.05, 0) is 44.2 Å². The van der Waals surface area contributed by atoms with Crippen LogP contribution >= 0.6 is 0 Å². The summed E-state index contributed by atoms with van der Waals surface area (Å²) in [6.45, 7) is 0.369. The highest BCUT2D eigenvalue weighted by molar-refractivity contribution is 7.92. The minimum absolute atomic E-state index is 0.0464. The molecule has 3 rings (SSSR count). The van der Waals surface area contributed by atoms with Gasteiger partial charge in [0.05, 0.1) is 17.9 Å². The van der Waals surface area contributed by atoms with Gasteiger partial charge in [0.15, 0.2) is 0 Å². The molecule has 0 unspecified atom stereocenters. The van der Waals surface area contributed by atoms with Gasteiger partial charge in [0.1, 0.15) is 0 Å². The molecule has 0 saturated heterocycles. The second-order valence-corrected chi connectivity index (χ2v) is 8.78. The summed E-state index contributed by atoms with van der Waals surface area (Å²) in [5, 5.41) is 14.7. The van der Waals surface area contributed by atoms with Crippen molar-refractivity contribution in [1.82, 2.24) is 5.32 Å². The van der Waals surface area contributed by atoms with Gasteiger partial charge < -0.3 is 15.7 Å². The third-order valence-corrected chi connectivity index (χ3v) is 6.22. The van der Waals surface area contributed by atoms with Gasteiger partial charge in [-0.2, -0.15) is 0 Å². The Hall–Kier alpha value is -2.29. The molecular weight excluding hydrogens is 358 g/mol. The summed E-state index contributed by atoms with van der Waals surface area (Å²) in [7, 11) is -3.34. The smallest absolute Gasteiger partial charge is 0.319 e. The molecule has 3 N–H and O–H groups in total. The molecular formula is C17H23N3O5S. The molecule has 0 spiro atoms. The van der Waals surface area contributed by atoms with Crippen LogP contribution in [0.1, 0.15) is 31.2 Å². The van der Waals surface area contributed by atoms with Crippen LogP contribution in [0.4, 0.5) is 16.2 Å². The van der Waals surface area contributed by atoms with Crippen LogP contribution < -0.4 is 14.9 Å². The number of nitrogens with one attached hydrogen (secondary N) is 2. The number of amides is 2. The Morgan fingerprint density at radius 1 is 1.19 bits per heavy atom. The van der Waals surface area contributed by atoms with Crippen molar-refractivity contribution in [3.63, 3.8) is 0 Å². The first-order valence-corrected chi connectivity index (χ1v) is 10.5. The third kappa shape index (κ3) is 3.92. The fourth-order valence-corrected chi connectivity index (χ4v) is 4.65. The maximum Gasteiger partial charge on any atom is 0.319 e. The van der Waals surface area contributed by atoms with Gasteiger partial charge >= 0.3 is 12.0 Å². The topological polar surface area (TPSA) is 116 Å². The minimum Gasteiger partial charge on any atom is -0.481 e. The highest BCUT2D eigenvalue weighted by Gasteiger charge is 2.29. The molecule has 26 heavy (non-hydrogen) atoms. The Morgan fingerprint density at radius 3 is 2.50 bits per heavy atom. The van der Waals surface area contributed by atoms with E-state index in [-0.39, 0.29) is 18.0 Å². The number of urea groups is 1. The number of nitrogens with zero attached hydrogens (tertiary/aromatic N) is 1. The monoisotopic (exact) mass is 381 g/mol. The summed E-state index contributed by atoms with van der Waals surface area (Å²) in [5.74, 6) is -1.10. The average molecular weight is 381 g/mol. The van der Waals surface area contributed by atoms with Crippen molar-refractivity contribution in [2.24, 2.45) is 5.92 Å². The molecule has 1 saturated carbocycles. The number of sulfonamides is 1. The molecule has 1 aromatic rings. The van der Waals surface area contributed by atoms with Crippen LogP contribution in [0.3, 0.4) is 0 Å². The number of rotatable bonds is 4. The summed E-state index contributed by atoms with van der Waals surface area (Å²) in [4.78, 5) is 23.3. The number of hydrogen-bond acceptors (Lipinski definition) is 4. The first kappa shape index (κ1) is 18.5. The second-order valence-electron chi connectivity index (χ2n) is 6.87. The number of anilines is 2. The van der Waals surface area contributed by atoms with E-state index in [4.69, 9.17) is 5.11 Å². The third-order valence-electron chi connectivity index (χ3n) is 5.05. The molecule has 2 amide bonds. The number of benzene rings is 1. The number of hydrogen-bond donors (Lipinski definition) is 3. The Balaban J connectivity index is 1.63. The first-order chi connectivity index (χ1) is 12.3. The van der Waals surface area contributed by atoms with Crippen molar-refractivity contribution in [2.45, 2.75) is 38.1 Å². The molecule has 1 aliphatic heterocycles. The van der Waals surface area contributed by atoms with E-state index in [2.05, 4.69) is 10.6 Å². The lowest BCUT2D eigenvalue weighted by Gasteiger charge is -2.27. The van der Waals surface area contributed by atoms with Gasteiger partial charge in [-0.3, -0.25) is 9.10 Å². The maximum atomic E-state index is 12.3. The quantitative estimate of drug-likeness (QED) is 0.735. The lowest BCUT2D eigenvalue weighted by molar-refractivity contribution is -0.142. The summed E-state index contributed by atoms with van der Waals surface area (Å²) < 4.78 is 25.0. The van der Waals surface area contributed by atoms with Gasteiger partial charge in [-0.15, -0.1) is 0 Å². The zero-order chi connectivity index (χ0) is 18.9. The van der Waals surface area contributed by atoms with Crippen molar-refractivity contribution < 1.29 is 23.1 Å². The Morgan fingerprint density at radius 2 is 1.88 bits per heavy atom. The fraction of sp³-hybridized carbons (Fsp3) is 0.529. The van der Waals surface area contributed by atoms with Gasteiger partial charge in [0.25, 0.3) is 0 Å². The lowest BCUT2D eigenvalue weighted by Crippen LogP contribution is -2.41. The van der Waals surface area contributed by atoms with Crippen LogP contribution in [0, 0.1) is 5.92 Å². The SMILES string of the molecule is CS(=O)(=O)N1CCc2c(NC(=O)NC3CCC(C(=O)O)CC3)cccc21. The van der Waals surface area contributed by atoms with Crippen LogP contribution in [0.2, 0.25) is 0 Å². The Kier molecular flexibility index (Phi) is 5.08. The van der Waals surface area contributed by atoms with Crippen molar-refractivity contribution >= 4 is 33.4 Å². The molecule has 1 heterocycles. The largest absolute Gasteiger partial charge is 0.481 e. The predicted molar refractivity (Wildman–Crippen MR) is 97.9 cm³/mol. The van der Waals surface area contributed by atoms with E-state index in [9.17, 15) is 18.0 Å². The number of carbonyl (C=O) groups is 2. The second kappa shape index (κ2) is 7.14. The van der Waals surface area contributed by atoms with Gasteiger partial charge in [0, 0.05) is 23.8 Å². The summed E-state index contributed by atoms with van der Waals surface area (Å²) in [6, 6.07) is 4.81. The van der Waals surface area contributed by atoms with Crippen molar-refractivity contribution in [1.29, 1.82) is 0 Å². The zero-order valence-electron chi connectivity index (χ0n) is 14.6. The van der Waals surface area contributed by atoms with Crippen molar-refractivity contribution in [3.05, 3.63) is 23.8 Å². The summed E-state index contributed by atoms with van der Waals surface area (Å²) in [6.07, 6.45) is 4.11. The van der Waals surface area contributed by atoms with E-state index in [1.54, 1.807) is 18.2 Å². The van der Waals surface area contributed by atoms with E-state index in [0.29, 0.717) is 50.0 Å². The molecule has 0 aromatic heterocycles. The van der Waals surface area contributed by atoms with Crippen molar-refractivity contribution in [3.8, 4) is 0 Å². The van der Waals surface area contributed by atoms with Crippen LogP contribution in [0.25, 0.3) is 0 Å². The molecule has 0 bridgehead atoms. The standard InChI is InChI=1S/C17H23N3O5S/c1-26(24,25)20-10-9-13-14(3-2-4-15(13)20)19-17(23)18-12-7-5-11(6-8-12)16(21)22/h2-4,11-12H,5-10H2,1H3,(H,21,22)(H2,18,19,23). The fourth-order valence-electron chi connectivity index (χ4n) is 3.69. The Bertz CT molecular complexity index is 816. The molecule has 1 fully saturated rings. The zero-order valence-corrected chi connectivity index (χ0v) is 15.4. The molecule has 1 aromatic carbocycles. The number of aliphatic carboxylic acids is 1. The minimum atomic E-state index is -3.34. The highest BCUT2D eigenvalue weighted by Crippen LogP contribution is 2.35. The first-order valence-electron chi connectivity index (χ1n) is 8.65. The average Bonchev–Trinajstić information content (AvgIpc) is 3.00. The number of carbonyl (C=O) groups excluding carboxylic acids is 1. The van der Waals surface area contributed by atoms with Gasteiger partial charge in [0.2, 0.25) is 10.0 Å². The lowest BCUT2D eigenvalue weighted by atomic mass is 9.86. The normalized spacial score (nSPS) is 22.6. The molecule has 8 nitrogen and oxygen atoms in total. The summed E-state index contributed by atoms with van der Waals surface area (Å²) >= 11 is 0. The Labute approximate surface area is 152 Å². The van der Waals surface area contributed by atoms with E-state index in [1.165, 1.54) is 10.6 Å². The number of carboxylic acids is 1. The van der Waals surface area contributed by atoms with Crippen molar-refractivity contribution in [2.75, 3.05) is 22.4 Å². The van der Waals surface area contributed by atoms with Crippen LogP contribution in [0.15, 0.2) is 18.2 Å². The van der Waals surface area contributed by atoms with E-state index in [0.717, 1.165) is 5.56 Å². The molecule has 0 atom stereocenters. The molecule has 0 radical (unpaired) electrons. The number of carboxylic acid groups (broad SMARTS) is 1. The molecule has 142 valence electrons. The van der Waals surface area contributed by atoms with E-state index < -0.39 is 16.0 Å². The summed E-state index contributed by atoms with van der Waals surface area (Å²) in [5.41, 5.74) is 2.01. The van der Waals surface area contributed by atoms with Crippen LogP contribution in [0.5, 0.6) is 0 Å². The van der Waals surface area contributed by atoms with Gasteiger partial charge in [-0.25, -0.2) is 13.2 Å². The molecule has 1 aliphatic carbocycles. The maximum absolute atomic E-state index is 12.3. The number of fused-ring (bicyclic) bond motifs is 1.